The number of hydrogen-bond donors (Lipinski definition) is 3. The molecule has 2 rings (SSSR count). The van der Waals surface area contributed by atoms with Gasteiger partial charge in [0, 0.05) is 30.0 Å². The molecular weight excluding hydrogens is 344 g/mol. The first-order valence-electron chi connectivity index (χ1n) is 8.76. The van der Waals surface area contributed by atoms with Crippen molar-refractivity contribution in [1.29, 1.82) is 0 Å². The predicted octanol–water partition coefficient (Wildman–Crippen LogP) is 2.95. The largest absolute Gasteiger partial charge is 0.448 e. The molecule has 2 aromatic rings. The van der Waals surface area contributed by atoms with E-state index in [1.807, 2.05) is 43.3 Å². The third-order valence-electron chi connectivity index (χ3n) is 3.86. The maximum atomic E-state index is 12.1. The first kappa shape index (κ1) is 20.3. The Morgan fingerprint density at radius 3 is 2.26 bits per heavy atom. The third kappa shape index (κ3) is 7.37. The van der Waals surface area contributed by atoms with Crippen molar-refractivity contribution >= 4 is 29.1 Å². The molecule has 0 aliphatic heterocycles. The molecule has 0 spiro atoms. The molecule has 0 bridgehead atoms. The SMILES string of the molecule is CN(C)CCOC(=O)Nc1ccc(NC(=O)CCc2ccccc2N)cc1. The van der Waals surface area contributed by atoms with Crippen molar-refractivity contribution < 1.29 is 14.3 Å². The summed E-state index contributed by atoms with van der Waals surface area (Å²) in [6.45, 7) is 0.978. The molecule has 7 heteroatoms. The third-order valence-corrected chi connectivity index (χ3v) is 3.86. The van der Waals surface area contributed by atoms with Gasteiger partial charge in [0.25, 0.3) is 0 Å². The van der Waals surface area contributed by atoms with Gasteiger partial charge in [-0.15, -0.1) is 0 Å². The monoisotopic (exact) mass is 370 g/mol. The number of aryl methyl sites for hydroxylation is 1. The van der Waals surface area contributed by atoms with E-state index in [0.717, 1.165) is 5.56 Å². The Kier molecular flexibility index (Phi) is 7.63. The smallest absolute Gasteiger partial charge is 0.411 e. The van der Waals surface area contributed by atoms with Crippen LogP contribution in [0.4, 0.5) is 21.9 Å². The first-order chi connectivity index (χ1) is 12.9. The van der Waals surface area contributed by atoms with Crippen molar-refractivity contribution in [1.82, 2.24) is 4.90 Å². The molecule has 4 N–H and O–H groups in total. The van der Waals surface area contributed by atoms with Gasteiger partial charge in [-0.3, -0.25) is 10.1 Å². The van der Waals surface area contributed by atoms with Crippen LogP contribution in [0.3, 0.4) is 0 Å². The summed E-state index contributed by atoms with van der Waals surface area (Å²) < 4.78 is 5.06. The molecule has 27 heavy (non-hydrogen) atoms. The highest BCUT2D eigenvalue weighted by atomic mass is 16.5. The van der Waals surface area contributed by atoms with E-state index in [9.17, 15) is 9.59 Å². The van der Waals surface area contributed by atoms with E-state index >= 15 is 0 Å². The fraction of sp³-hybridized carbons (Fsp3) is 0.300. The molecule has 2 aromatic carbocycles. The highest BCUT2D eigenvalue weighted by Crippen LogP contribution is 2.16. The summed E-state index contributed by atoms with van der Waals surface area (Å²) in [6, 6.07) is 14.4. The summed E-state index contributed by atoms with van der Waals surface area (Å²) in [5.74, 6) is -0.0953. The van der Waals surface area contributed by atoms with Gasteiger partial charge in [0.2, 0.25) is 5.91 Å². The minimum atomic E-state index is -0.505. The number of nitrogen functional groups attached to an aromatic ring is 1. The van der Waals surface area contributed by atoms with Crippen molar-refractivity contribution in [3.63, 3.8) is 0 Å². The van der Waals surface area contributed by atoms with Gasteiger partial charge < -0.3 is 20.7 Å². The van der Waals surface area contributed by atoms with Crippen LogP contribution in [0.15, 0.2) is 48.5 Å². The van der Waals surface area contributed by atoms with Crippen molar-refractivity contribution in [2.24, 2.45) is 0 Å². The number of likely N-dealkylation sites (N-methyl/N-ethyl adjacent to an activating group) is 1. The molecule has 0 aliphatic carbocycles. The number of anilines is 3. The van der Waals surface area contributed by atoms with E-state index in [-0.39, 0.29) is 5.91 Å². The van der Waals surface area contributed by atoms with Gasteiger partial charge in [0.05, 0.1) is 0 Å². The van der Waals surface area contributed by atoms with Gasteiger partial charge in [-0.25, -0.2) is 4.79 Å². The van der Waals surface area contributed by atoms with Gasteiger partial charge in [0.15, 0.2) is 0 Å². The van der Waals surface area contributed by atoms with E-state index < -0.39 is 6.09 Å². The molecule has 0 fully saturated rings. The summed E-state index contributed by atoms with van der Waals surface area (Å²) >= 11 is 0. The van der Waals surface area contributed by atoms with E-state index in [0.29, 0.717) is 43.1 Å². The molecule has 0 aliphatic rings. The number of nitrogens with two attached hydrogens (primary N) is 1. The standard InChI is InChI=1S/C20H26N4O3/c1-24(2)13-14-27-20(26)23-17-10-8-16(9-11-17)22-19(25)12-7-15-5-3-4-6-18(15)21/h3-6,8-11H,7,12-14,21H2,1-2H3,(H,22,25)(H,23,26). The zero-order valence-corrected chi connectivity index (χ0v) is 15.7. The normalized spacial score (nSPS) is 10.5. The quantitative estimate of drug-likeness (QED) is 0.621. The molecule has 0 atom stereocenters. The Morgan fingerprint density at radius 1 is 1.00 bits per heavy atom. The van der Waals surface area contributed by atoms with Gasteiger partial charge in [-0.05, 0) is 56.4 Å². The second kappa shape index (κ2) is 10.2. The molecule has 144 valence electrons. The number of amides is 2. The van der Waals surface area contributed by atoms with Crippen LogP contribution in [-0.2, 0) is 16.0 Å². The number of benzene rings is 2. The molecule has 0 heterocycles. The summed E-state index contributed by atoms with van der Waals surface area (Å²) in [4.78, 5) is 25.7. The van der Waals surface area contributed by atoms with Crippen LogP contribution in [0.5, 0.6) is 0 Å². The number of carbonyl (C=O) groups excluding carboxylic acids is 2. The van der Waals surface area contributed by atoms with E-state index in [1.54, 1.807) is 24.3 Å². The Balaban J connectivity index is 1.76. The van der Waals surface area contributed by atoms with Crippen LogP contribution in [0.2, 0.25) is 0 Å². The Bertz CT molecular complexity index is 760. The van der Waals surface area contributed by atoms with Gasteiger partial charge in [0.1, 0.15) is 6.61 Å². The fourth-order valence-corrected chi connectivity index (χ4v) is 2.35. The van der Waals surface area contributed by atoms with Crippen LogP contribution in [0.25, 0.3) is 0 Å². The van der Waals surface area contributed by atoms with Crippen molar-refractivity contribution in [3.8, 4) is 0 Å². The topological polar surface area (TPSA) is 96.7 Å². The van der Waals surface area contributed by atoms with Crippen LogP contribution >= 0.6 is 0 Å². The lowest BCUT2D eigenvalue weighted by atomic mass is 10.1. The second-order valence-corrected chi connectivity index (χ2v) is 6.39. The van der Waals surface area contributed by atoms with Crippen LogP contribution < -0.4 is 16.4 Å². The minimum Gasteiger partial charge on any atom is -0.448 e. The van der Waals surface area contributed by atoms with E-state index in [2.05, 4.69) is 10.6 Å². The number of nitrogens with one attached hydrogen (secondary N) is 2. The zero-order valence-electron chi connectivity index (χ0n) is 15.7. The second-order valence-electron chi connectivity index (χ2n) is 6.39. The summed E-state index contributed by atoms with van der Waals surface area (Å²) in [7, 11) is 3.81. The molecular formula is C20H26N4O3. The highest BCUT2D eigenvalue weighted by molar-refractivity contribution is 5.91. The lowest BCUT2D eigenvalue weighted by Gasteiger charge is -2.11. The molecule has 0 radical (unpaired) electrons. The van der Waals surface area contributed by atoms with Crippen molar-refractivity contribution in [3.05, 3.63) is 54.1 Å². The number of hydrogen-bond acceptors (Lipinski definition) is 5. The first-order valence-corrected chi connectivity index (χ1v) is 8.76. The lowest BCUT2D eigenvalue weighted by molar-refractivity contribution is -0.116. The Morgan fingerprint density at radius 2 is 1.63 bits per heavy atom. The predicted molar refractivity (Wildman–Crippen MR) is 108 cm³/mol. The van der Waals surface area contributed by atoms with Gasteiger partial charge >= 0.3 is 6.09 Å². The minimum absolute atomic E-state index is 0.0953. The Labute approximate surface area is 159 Å². The van der Waals surface area contributed by atoms with E-state index in [4.69, 9.17) is 10.5 Å². The summed E-state index contributed by atoms with van der Waals surface area (Å²) in [5, 5.41) is 5.47. The number of rotatable bonds is 8. The molecule has 2 amide bonds. The highest BCUT2D eigenvalue weighted by Gasteiger charge is 2.07. The summed E-state index contributed by atoms with van der Waals surface area (Å²) in [5.41, 5.74) is 8.79. The van der Waals surface area contributed by atoms with E-state index in [1.165, 1.54) is 0 Å². The van der Waals surface area contributed by atoms with Crippen molar-refractivity contribution in [2.45, 2.75) is 12.8 Å². The fourth-order valence-electron chi connectivity index (χ4n) is 2.35. The average molecular weight is 370 g/mol. The molecule has 0 saturated heterocycles. The summed E-state index contributed by atoms with van der Waals surface area (Å²) in [6.07, 6.45) is 0.415. The van der Waals surface area contributed by atoms with Gasteiger partial charge in [-0.1, -0.05) is 18.2 Å². The maximum Gasteiger partial charge on any atom is 0.411 e. The molecule has 0 aromatic heterocycles. The lowest BCUT2D eigenvalue weighted by Crippen LogP contribution is -2.22. The van der Waals surface area contributed by atoms with Gasteiger partial charge in [-0.2, -0.15) is 0 Å². The number of carbonyl (C=O) groups is 2. The molecule has 7 nitrogen and oxygen atoms in total. The number of para-hydroxylation sites is 1. The number of ether oxygens (including phenoxy) is 1. The number of nitrogens with zero attached hydrogens (tertiary/aromatic N) is 1. The maximum absolute atomic E-state index is 12.1. The van der Waals surface area contributed by atoms with Crippen LogP contribution in [0, 0.1) is 0 Å². The molecule has 0 unspecified atom stereocenters. The molecule has 0 saturated carbocycles. The Hall–Kier alpha value is -3.06. The van der Waals surface area contributed by atoms with Crippen LogP contribution in [-0.4, -0.2) is 44.1 Å². The zero-order chi connectivity index (χ0) is 19.6. The van der Waals surface area contributed by atoms with Crippen molar-refractivity contribution in [2.75, 3.05) is 43.6 Å². The van der Waals surface area contributed by atoms with Crippen LogP contribution in [0.1, 0.15) is 12.0 Å². The average Bonchev–Trinajstić information content (AvgIpc) is 2.62.